The zero-order valence-corrected chi connectivity index (χ0v) is 14.4. The van der Waals surface area contributed by atoms with E-state index in [9.17, 15) is 0 Å². The number of anilines is 1. The second-order valence-corrected chi connectivity index (χ2v) is 6.94. The molecule has 4 unspecified atom stereocenters. The number of benzene rings is 1. The molecular weight excluding hydrogens is 280 g/mol. The molecule has 0 spiro atoms. The summed E-state index contributed by atoms with van der Waals surface area (Å²) in [6.45, 7) is 6.99. The van der Waals surface area contributed by atoms with Gasteiger partial charge in [-0.1, -0.05) is 63.3 Å². The average Bonchev–Trinajstić information content (AvgIpc) is 2.59. The summed E-state index contributed by atoms with van der Waals surface area (Å²) in [6, 6.07) is 10.5. The van der Waals surface area contributed by atoms with Gasteiger partial charge in [-0.15, -0.1) is 0 Å². The minimum Gasteiger partial charge on any atom is -0.368 e. The number of fused-ring (bicyclic) bond motifs is 1. The van der Waals surface area contributed by atoms with E-state index in [1.165, 1.54) is 11.4 Å². The Kier molecular flexibility index (Phi) is 4.61. The van der Waals surface area contributed by atoms with Gasteiger partial charge in [0.25, 0.3) is 0 Å². The van der Waals surface area contributed by atoms with Crippen molar-refractivity contribution in [3.8, 4) is 0 Å². The highest BCUT2D eigenvalue weighted by Crippen LogP contribution is 2.48. The average molecular weight is 308 g/mol. The highest BCUT2D eigenvalue weighted by molar-refractivity contribution is 5.44. The fourth-order valence-electron chi connectivity index (χ4n) is 3.86. The minimum absolute atomic E-state index is 0.157. The maximum atomic E-state index is 3.75. The number of allylic oxidation sites excluding steroid dienone is 6. The zero-order valence-electron chi connectivity index (χ0n) is 14.4. The van der Waals surface area contributed by atoms with Crippen LogP contribution < -0.4 is 10.6 Å². The van der Waals surface area contributed by atoms with Crippen molar-refractivity contribution in [2.75, 3.05) is 5.32 Å². The molecule has 1 aromatic rings. The first-order valence-electron chi connectivity index (χ1n) is 8.77. The number of nitrogens with one attached hydrogen (secondary N) is 2. The molecule has 1 aliphatic carbocycles. The van der Waals surface area contributed by atoms with Gasteiger partial charge in [-0.2, -0.15) is 0 Å². The standard InChI is InChI=1S/C21H28N2/c1-4-5-15-21(3)16(2)20(22-17-11-7-6-8-12-17)23-19-14-10-9-13-18(19)21/h5-12,14-16,18,20,22-23H,4,13H2,1-3H3. The van der Waals surface area contributed by atoms with Gasteiger partial charge in [0.2, 0.25) is 0 Å². The Morgan fingerprint density at radius 3 is 2.83 bits per heavy atom. The molecule has 1 fully saturated rings. The van der Waals surface area contributed by atoms with E-state index >= 15 is 0 Å². The summed E-state index contributed by atoms with van der Waals surface area (Å²) in [4.78, 5) is 0. The summed E-state index contributed by atoms with van der Waals surface area (Å²) in [5.41, 5.74) is 2.69. The molecule has 3 rings (SSSR count). The molecule has 0 saturated carbocycles. The van der Waals surface area contributed by atoms with Crippen molar-refractivity contribution in [1.82, 2.24) is 5.32 Å². The molecule has 1 aliphatic heterocycles. The molecule has 4 atom stereocenters. The van der Waals surface area contributed by atoms with Crippen molar-refractivity contribution in [3.05, 3.63) is 66.4 Å². The van der Waals surface area contributed by atoms with Crippen molar-refractivity contribution in [2.24, 2.45) is 17.3 Å². The molecule has 1 aromatic carbocycles. The van der Waals surface area contributed by atoms with E-state index in [1.807, 2.05) is 0 Å². The molecule has 2 nitrogen and oxygen atoms in total. The lowest BCUT2D eigenvalue weighted by atomic mass is 9.61. The van der Waals surface area contributed by atoms with Crippen LogP contribution in [0, 0.1) is 17.3 Å². The molecular formula is C21H28N2. The van der Waals surface area contributed by atoms with Crippen LogP contribution in [0.1, 0.15) is 33.6 Å². The maximum Gasteiger partial charge on any atom is 0.0996 e. The van der Waals surface area contributed by atoms with Gasteiger partial charge in [0.15, 0.2) is 0 Å². The largest absolute Gasteiger partial charge is 0.368 e. The third-order valence-corrected chi connectivity index (χ3v) is 5.52. The summed E-state index contributed by atoms with van der Waals surface area (Å²) in [5, 5.41) is 7.44. The Morgan fingerprint density at radius 2 is 2.09 bits per heavy atom. The van der Waals surface area contributed by atoms with Gasteiger partial charge in [-0.25, -0.2) is 0 Å². The first-order chi connectivity index (χ1) is 11.1. The van der Waals surface area contributed by atoms with Crippen molar-refractivity contribution in [1.29, 1.82) is 0 Å². The van der Waals surface area contributed by atoms with Gasteiger partial charge in [0.1, 0.15) is 0 Å². The molecule has 1 heterocycles. The molecule has 122 valence electrons. The van der Waals surface area contributed by atoms with Gasteiger partial charge in [0, 0.05) is 28.6 Å². The van der Waals surface area contributed by atoms with E-state index < -0.39 is 0 Å². The Morgan fingerprint density at radius 1 is 1.30 bits per heavy atom. The molecule has 0 aromatic heterocycles. The van der Waals surface area contributed by atoms with E-state index in [1.54, 1.807) is 0 Å². The van der Waals surface area contributed by atoms with Crippen LogP contribution in [0.15, 0.2) is 66.4 Å². The predicted octanol–water partition coefficient (Wildman–Crippen LogP) is 5.10. The first-order valence-corrected chi connectivity index (χ1v) is 8.77. The highest BCUT2D eigenvalue weighted by Gasteiger charge is 2.46. The smallest absolute Gasteiger partial charge is 0.0996 e. The van der Waals surface area contributed by atoms with E-state index in [0.29, 0.717) is 11.8 Å². The number of piperidine rings is 1. The van der Waals surface area contributed by atoms with E-state index in [4.69, 9.17) is 0 Å². The topological polar surface area (TPSA) is 24.1 Å². The van der Waals surface area contributed by atoms with E-state index in [2.05, 4.69) is 92.1 Å². The summed E-state index contributed by atoms with van der Waals surface area (Å²) in [5.74, 6) is 1.03. The Labute approximate surface area is 140 Å². The summed E-state index contributed by atoms with van der Waals surface area (Å²) in [7, 11) is 0. The second kappa shape index (κ2) is 6.66. The van der Waals surface area contributed by atoms with E-state index in [0.717, 1.165) is 12.8 Å². The molecule has 2 heteroatoms. The third kappa shape index (κ3) is 3.08. The quantitative estimate of drug-likeness (QED) is 0.756. The SMILES string of the molecule is CCC=CC1(C)C2CC=CC=C2NC(Nc2ccccc2)C1C. The summed E-state index contributed by atoms with van der Waals surface area (Å²) in [6.07, 6.45) is 14.0. The fourth-order valence-corrected chi connectivity index (χ4v) is 3.86. The number of hydrogen-bond acceptors (Lipinski definition) is 2. The van der Waals surface area contributed by atoms with Crippen molar-refractivity contribution in [3.63, 3.8) is 0 Å². The Hall–Kier alpha value is -1.96. The normalized spacial score (nSPS) is 33.0. The van der Waals surface area contributed by atoms with Crippen molar-refractivity contribution >= 4 is 5.69 Å². The van der Waals surface area contributed by atoms with E-state index in [-0.39, 0.29) is 11.6 Å². The number of rotatable bonds is 4. The van der Waals surface area contributed by atoms with Crippen LogP contribution in [-0.4, -0.2) is 6.17 Å². The molecule has 23 heavy (non-hydrogen) atoms. The molecule has 2 aliphatic rings. The Balaban J connectivity index is 1.91. The van der Waals surface area contributed by atoms with Crippen LogP contribution in [0.2, 0.25) is 0 Å². The maximum absolute atomic E-state index is 3.75. The highest BCUT2D eigenvalue weighted by atomic mass is 15.2. The van der Waals surface area contributed by atoms with Crippen LogP contribution in [0.4, 0.5) is 5.69 Å². The van der Waals surface area contributed by atoms with Gasteiger partial charge in [-0.05, 0) is 31.1 Å². The molecule has 0 amide bonds. The third-order valence-electron chi connectivity index (χ3n) is 5.52. The minimum atomic E-state index is 0.157. The fraction of sp³-hybridized carbons (Fsp3) is 0.429. The predicted molar refractivity (Wildman–Crippen MR) is 99.0 cm³/mol. The first kappa shape index (κ1) is 15.9. The molecule has 2 N–H and O–H groups in total. The van der Waals surface area contributed by atoms with Gasteiger partial charge in [0.05, 0.1) is 6.17 Å². The van der Waals surface area contributed by atoms with Crippen molar-refractivity contribution < 1.29 is 0 Å². The summed E-state index contributed by atoms with van der Waals surface area (Å²) >= 11 is 0. The summed E-state index contributed by atoms with van der Waals surface area (Å²) < 4.78 is 0. The van der Waals surface area contributed by atoms with Crippen LogP contribution >= 0.6 is 0 Å². The number of hydrogen-bond donors (Lipinski definition) is 2. The van der Waals surface area contributed by atoms with Crippen LogP contribution in [0.5, 0.6) is 0 Å². The monoisotopic (exact) mass is 308 g/mol. The van der Waals surface area contributed by atoms with Crippen LogP contribution in [-0.2, 0) is 0 Å². The Bertz CT molecular complexity index is 614. The lowest BCUT2D eigenvalue weighted by Crippen LogP contribution is -2.56. The van der Waals surface area contributed by atoms with Crippen LogP contribution in [0.3, 0.4) is 0 Å². The van der Waals surface area contributed by atoms with Gasteiger partial charge < -0.3 is 10.6 Å². The van der Waals surface area contributed by atoms with Gasteiger partial charge >= 0.3 is 0 Å². The molecule has 0 bridgehead atoms. The number of para-hydroxylation sites is 1. The zero-order chi connectivity index (χ0) is 16.3. The lowest BCUT2D eigenvalue weighted by Gasteiger charge is -2.51. The van der Waals surface area contributed by atoms with Crippen LogP contribution in [0.25, 0.3) is 0 Å². The van der Waals surface area contributed by atoms with Gasteiger partial charge in [-0.3, -0.25) is 0 Å². The lowest BCUT2D eigenvalue weighted by molar-refractivity contribution is 0.118. The molecule has 1 saturated heterocycles. The van der Waals surface area contributed by atoms with Crippen molar-refractivity contribution in [2.45, 2.75) is 39.8 Å². The molecule has 0 radical (unpaired) electrons. The second-order valence-electron chi connectivity index (χ2n) is 6.94.